The molecule has 1 aromatic carbocycles. The molecule has 6 nitrogen and oxygen atoms in total. The topological polar surface area (TPSA) is 88.4 Å². The van der Waals surface area contributed by atoms with Crippen LogP contribution in [0.3, 0.4) is 0 Å². The van der Waals surface area contributed by atoms with E-state index in [1.165, 1.54) is 7.11 Å². The number of hydrogen-bond acceptors (Lipinski definition) is 6. The van der Waals surface area contributed by atoms with E-state index in [1.54, 1.807) is 0 Å². The number of rotatable bonds is 6. The van der Waals surface area contributed by atoms with E-state index in [2.05, 4.69) is 0 Å². The fraction of sp³-hybridized carbons (Fsp3) is 0.571. The van der Waals surface area contributed by atoms with Crippen molar-refractivity contribution in [3.05, 3.63) is 35.9 Å². The van der Waals surface area contributed by atoms with Crippen molar-refractivity contribution in [3.63, 3.8) is 0 Å². The lowest BCUT2D eigenvalue weighted by atomic mass is 10.1. The van der Waals surface area contributed by atoms with Gasteiger partial charge in [0.25, 0.3) is 0 Å². The number of hydrogen-bond donors (Lipinski definition) is 3. The fourth-order valence-electron chi connectivity index (χ4n) is 2.24. The molecule has 20 heavy (non-hydrogen) atoms. The van der Waals surface area contributed by atoms with Gasteiger partial charge in [-0.3, -0.25) is 0 Å². The summed E-state index contributed by atoms with van der Waals surface area (Å²) in [7, 11) is 1.36. The maximum Gasteiger partial charge on any atom is 0.221 e. The van der Waals surface area contributed by atoms with Crippen LogP contribution >= 0.6 is 0 Å². The van der Waals surface area contributed by atoms with Crippen molar-refractivity contribution < 1.29 is 29.5 Å². The molecule has 1 aliphatic rings. The minimum absolute atomic E-state index is 0.0485. The molecule has 1 aromatic rings. The molecule has 6 heteroatoms. The molecule has 0 radical (unpaired) electrons. The fourth-order valence-corrected chi connectivity index (χ4v) is 2.24. The molecule has 4 atom stereocenters. The normalized spacial score (nSPS) is 33.5. The summed E-state index contributed by atoms with van der Waals surface area (Å²) in [6.07, 6.45) is -3.37. The molecule has 1 fully saturated rings. The second-order valence-corrected chi connectivity index (χ2v) is 4.77. The third-order valence-electron chi connectivity index (χ3n) is 3.45. The SMILES string of the molecule is CO[C@@]1(COCc2ccccc2)O[C@H](CO)[C@@H](O)[C@@H]1O. The molecule has 1 saturated heterocycles. The van der Waals surface area contributed by atoms with Crippen LogP contribution in [0.15, 0.2) is 30.3 Å². The third kappa shape index (κ3) is 3.01. The van der Waals surface area contributed by atoms with Gasteiger partial charge < -0.3 is 29.5 Å². The molecule has 3 N–H and O–H groups in total. The Morgan fingerprint density at radius 2 is 1.95 bits per heavy atom. The average Bonchev–Trinajstić information content (AvgIpc) is 2.73. The highest BCUT2D eigenvalue weighted by atomic mass is 16.7. The first-order chi connectivity index (χ1) is 9.63. The van der Waals surface area contributed by atoms with Crippen molar-refractivity contribution in [3.8, 4) is 0 Å². The monoisotopic (exact) mass is 284 g/mol. The maximum absolute atomic E-state index is 10.0. The van der Waals surface area contributed by atoms with Crippen LogP contribution in [0.1, 0.15) is 5.56 Å². The van der Waals surface area contributed by atoms with Gasteiger partial charge in [0.15, 0.2) is 0 Å². The summed E-state index contributed by atoms with van der Waals surface area (Å²) in [5.74, 6) is -1.46. The van der Waals surface area contributed by atoms with Crippen molar-refractivity contribution in [2.45, 2.75) is 30.7 Å². The van der Waals surface area contributed by atoms with E-state index in [0.717, 1.165) is 5.56 Å². The predicted octanol–water partition coefficient (Wildman–Crippen LogP) is -0.341. The first kappa shape index (κ1) is 15.4. The summed E-state index contributed by atoms with van der Waals surface area (Å²) in [5.41, 5.74) is 0.977. The summed E-state index contributed by atoms with van der Waals surface area (Å²) >= 11 is 0. The van der Waals surface area contributed by atoms with Crippen molar-refractivity contribution in [2.75, 3.05) is 20.3 Å². The minimum Gasteiger partial charge on any atom is -0.394 e. The smallest absolute Gasteiger partial charge is 0.221 e. The molecule has 0 bridgehead atoms. The van der Waals surface area contributed by atoms with Gasteiger partial charge in [0.2, 0.25) is 5.79 Å². The first-order valence-electron chi connectivity index (χ1n) is 6.44. The van der Waals surface area contributed by atoms with E-state index in [0.29, 0.717) is 6.61 Å². The van der Waals surface area contributed by atoms with E-state index in [-0.39, 0.29) is 6.61 Å². The Kier molecular flexibility index (Phi) is 5.09. The number of aliphatic hydroxyl groups excluding tert-OH is 3. The summed E-state index contributed by atoms with van der Waals surface area (Å²) in [5, 5.41) is 28.9. The standard InChI is InChI=1S/C14H20O6/c1-18-14(13(17)12(16)11(7-15)20-14)9-19-8-10-5-3-2-4-6-10/h2-6,11-13,15-17H,7-9H2,1H3/t11-,12-,13+,14+/m1/s1. The highest BCUT2D eigenvalue weighted by molar-refractivity contribution is 5.13. The molecule has 0 unspecified atom stereocenters. The second kappa shape index (κ2) is 6.62. The number of aliphatic hydroxyl groups is 3. The van der Waals surface area contributed by atoms with Gasteiger partial charge in [-0.15, -0.1) is 0 Å². The largest absolute Gasteiger partial charge is 0.394 e. The number of methoxy groups -OCH3 is 1. The summed E-state index contributed by atoms with van der Waals surface area (Å²) in [4.78, 5) is 0. The van der Waals surface area contributed by atoms with E-state index in [4.69, 9.17) is 19.3 Å². The molecule has 1 aliphatic heterocycles. The van der Waals surface area contributed by atoms with E-state index in [1.807, 2.05) is 30.3 Å². The lowest BCUT2D eigenvalue weighted by molar-refractivity contribution is -0.271. The van der Waals surface area contributed by atoms with Crippen LogP contribution in [0.5, 0.6) is 0 Å². The molecule has 0 aromatic heterocycles. The van der Waals surface area contributed by atoms with Crippen LogP contribution in [-0.2, 0) is 20.8 Å². The number of ether oxygens (including phenoxy) is 3. The van der Waals surface area contributed by atoms with Crippen molar-refractivity contribution in [2.24, 2.45) is 0 Å². The van der Waals surface area contributed by atoms with Crippen LogP contribution in [0, 0.1) is 0 Å². The summed E-state index contributed by atoms with van der Waals surface area (Å²) in [6.45, 7) is -0.114. The van der Waals surface area contributed by atoms with Gasteiger partial charge in [0, 0.05) is 7.11 Å². The van der Waals surface area contributed by atoms with E-state index < -0.39 is 30.7 Å². The Bertz CT molecular complexity index is 411. The van der Waals surface area contributed by atoms with Gasteiger partial charge in [-0.05, 0) is 5.56 Å². The molecular weight excluding hydrogens is 264 g/mol. The Balaban J connectivity index is 1.95. The molecule has 2 rings (SSSR count). The molecule has 112 valence electrons. The first-order valence-corrected chi connectivity index (χ1v) is 6.44. The van der Waals surface area contributed by atoms with Gasteiger partial charge in [0.1, 0.15) is 24.9 Å². The van der Waals surface area contributed by atoms with Gasteiger partial charge in [-0.25, -0.2) is 0 Å². The van der Waals surface area contributed by atoms with Crippen LogP contribution in [-0.4, -0.2) is 59.7 Å². The maximum atomic E-state index is 10.0. The van der Waals surface area contributed by atoms with Crippen molar-refractivity contribution in [1.82, 2.24) is 0 Å². The van der Waals surface area contributed by atoms with Gasteiger partial charge in [0.05, 0.1) is 13.2 Å². The van der Waals surface area contributed by atoms with Crippen molar-refractivity contribution >= 4 is 0 Å². The van der Waals surface area contributed by atoms with Crippen LogP contribution < -0.4 is 0 Å². The minimum atomic E-state index is -1.46. The Labute approximate surface area is 117 Å². The van der Waals surface area contributed by atoms with Crippen LogP contribution in [0.25, 0.3) is 0 Å². The predicted molar refractivity (Wildman–Crippen MR) is 69.8 cm³/mol. The molecule has 0 spiro atoms. The summed E-state index contributed by atoms with van der Waals surface area (Å²) in [6, 6.07) is 9.54. The lowest BCUT2D eigenvalue weighted by Gasteiger charge is -2.30. The van der Waals surface area contributed by atoms with E-state index >= 15 is 0 Å². The zero-order valence-electron chi connectivity index (χ0n) is 11.3. The highest BCUT2D eigenvalue weighted by Crippen LogP contribution is 2.32. The Morgan fingerprint density at radius 1 is 1.25 bits per heavy atom. The van der Waals surface area contributed by atoms with Gasteiger partial charge in [-0.2, -0.15) is 0 Å². The third-order valence-corrected chi connectivity index (χ3v) is 3.45. The van der Waals surface area contributed by atoms with Gasteiger partial charge >= 0.3 is 0 Å². The summed E-state index contributed by atoms with van der Waals surface area (Å²) < 4.78 is 16.1. The molecule has 0 saturated carbocycles. The highest BCUT2D eigenvalue weighted by Gasteiger charge is 2.54. The quantitative estimate of drug-likeness (QED) is 0.662. The van der Waals surface area contributed by atoms with Crippen molar-refractivity contribution in [1.29, 1.82) is 0 Å². The molecule has 0 amide bonds. The van der Waals surface area contributed by atoms with E-state index in [9.17, 15) is 10.2 Å². The van der Waals surface area contributed by atoms with Crippen LogP contribution in [0.4, 0.5) is 0 Å². The van der Waals surface area contributed by atoms with Gasteiger partial charge in [-0.1, -0.05) is 30.3 Å². The zero-order chi connectivity index (χ0) is 14.6. The molecule has 0 aliphatic carbocycles. The molecule has 1 heterocycles. The Hall–Kier alpha value is -1.02. The number of benzene rings is 1. The zero-order valence-corrected chi connectivity index (χ0v) is 11.3. The molecular formula is C14H20O6. The average molecular weight is 284 g/mol. The van der Waals surface area contributed by atoms with Crippen LogP contribution in [0.2, 0.25) is 0 Å². The Morgan fingerprint density at radius 3 is 2.50 bits per heavy atom. The second-order valence-electron chi connectivity index (χ2n) is 4.77. The lowest BCUT2D eigenvalue weighted by Crippen LogP contribution is -2.48.